The lowest BCUT2D eigenvalue weighted by Gasteiger charge is -2.12. The summed E-state index contributed by atoms with van der Waals surface area (Å²) in [6.07, 6.45) is 3.10. The molecular weight excluding hydrogens is 356 g/mol. The summed E-state index contributed by atoms with van der Waals surface area (Å²) in [5.74, 6) is 1.70. The van der Waals surface area contributed by atoms with Gasteiger partial charge in [-0.3, -0.25) is 0 Å². The highest BCUT2D eigenvalue weighted by Gasteiger charge is 2.18. The Bertz CT molecular complexity index is 1110. The molecule has 0 amide bonds. The average molecular weight is 385 g/mol. The molecule has 1 aromatic heterocycles. The lowest BCUT2D eigenvalue weighted by atomic mass is 9.98. The molecule has 3 aromatic carbocycles. The molecule has 0 bridgehead atoms. The molecule has 0 saturated heterocycles. The highest BCUT2D eigenvalue weighted by atomic mass is 16.5. The first kappa shape index (κ1) is 19.3. The van der Waals surface area contributed by atoms with Gasteiger partial charge < -0.3 is 15.5 Å². The number of para-hydroxylation sites is 2. The maximum Gasteiger partial charge on any atom is 0.136 e. The standard InChI is InChI=1S/C26H28N2O/c1-18-15-16-22-21(12-8-9-17-27)26(28-25(22)19(18)2)23-13-6-7-14-24(23)29-20-10-4-3-5-11-20/h3-7,10-11,13-16,28H,8-9,12,17,27H2,1-2H3. The smallest absolute Gasteiger partial charge is 0.136 e. The molecule has 0 unspecified atom stereocenters. The molecule has 0 aliphatic heterocycles. The molecule has 1 heterocycles. The number of nitrogens with one attached hydrogen (secondary N) is 1. The number of fused-ring (bicyclic) bond motifs is 1. The number of benzene rings is 3. The van der Waals surface area contributed by atoms with Crippen LogP contribution in [0.1, 0.15) is 29.5 Å². The topological polar surface area (TPSA) is 51.0 Å². The average Bonchev–Trinajstić information content (AvgIpc) is 3.11. The van der Waals surface area contributed by atoms with E-state index in [1.54, 1.807) is 0 Å². The van der Waals surface area contributed by atoms with Crippen molar-refractivity contribution in [2.75, 3.05) is 6.54 Å². The highest BCUT2D eigenvalue weighted by molar-refractivity contribution is 5.94. The number of aryl methyl sites for hydroxylation is 3. The van der Waals surface area contributed by atoms with Crippen molar-refractivity contribution in [1.82, 2.24) is 4.98 Å². The molecule has 0 fully saturated rings. The Morgan fingerprint density at radius 1 is 0.862 bits per heavy atom. The number of unbranched alkanes of at least 4 members (excludes halogenated alkanes) is 1. The monoisotopic (exact) mass is 384 g/mol. The maximum atomic E-state index is 6.25. The van der Waals surface area contributed by atoms with Crippen LogP contribution in [0.5, 0.6) is 11.5 Å². The molecule has 29 heavy (non-hydrogen) atoms. The minimum absolute atomic E-state index is 0.726. The van der Waals surface area contributed by atoms with E-state index in [1.165, 1.54) is 27.6 Å². The molecule has 0 aliphatic rings. The summed E-state index contributed by atoms with van der Waals surface area (Å²) in [6, 6.07) is 22.7. The van der Waals surface area contributed by atoms with E-state index in [1.807, 2.05) is 42.5 Å². The van der Waals surface area contributed by atoms with E-state index in [4.69, 9.17) is 10.5 Å². The number of H-pyrrole nitrogens is 1. The molecule has 3 N–H and O–H groups in total. The number of ether oxygens (including phenoxy) is 1. The Hall–Kier alpha value is -3.04. The Morgan fingerprint density at radius 2 is 1.62 bits per heavy atom. The number of aromatic amines is 1. The number of nitrogens with two attached hydrogens (primary N) is 1. The summed E-state index contributed by atoms with van der Waals surface area (Å²) >= 11 is 0. The van der Waals surface area contributed by atoms with Gasteiger partial charge in [0.05, 0.1) is 5.69 Å². The van der Waals surface area contributed by atoms with E-state index in [2.05, 4.69) is 43.1 Å². The van der Waals surface area contributed by atoms with Crippen molar-refractivity contribution < 1.29 is 4.74 Å². The van der Waals surface area contributed by atoms with Crippen molar-refractivity contribution in [3.8, 4) is 22.8 Å². The second kappa shape index (κ2) is 8.54. The van der Waals surface area contributed by atoms with E-state index in [0.29, 0.717) is 0 Å². The Kier molecular flexibility index (Phi) is 5.68. The van der Waals surface area contributed by atoms with Gasteiger partial charge in [-0.05, 0) is 80.6 Å². The molecule has 148 valence electrons. The summed E-state index contributed by atoms with van der Waals surface area (Å²) in [6.45, 7) is 5.08. The van der Waals surface area contributed by atoms with E-state index in [9.17, 15) is 0 Å². The molecule has 4 rings (SSSR count). The van der Waals surface area contributed by atoms with Crippen LogP contribution in [0.25, 0.3) is 22.2 Å². The summed E-state index contributed by atoms with van der Waals surface area (Å²) < 4.78 is 6.25. The van der Waals surface area contributed by atoms with Gasteiger partial charge in [-0.15, -0.1) is 0 Å². The first-order valence-corrected chi connectivity index (χ1v) is 10.3. The van der Waals surface area contributed by atoms with Crippen molar-refractivity contribution in [3.63, 3.8) is 0 Å². The second-order valence-corrected chi connectivity index (χ2v) is 7.57. The van der Waals surface area contributed by atoms with Crippen LogP contribution in [0.4, 0.5) is 0 Å². The largest absolute Gasteiger partial charge is 0.457 e. The quantitative estimate of drug-likeness (QED) is 0.356. The van der Waals surface area contributed by atoms with Crippen LogP contribution in [0.2, 0.25) is 0 Å². The fraction of sp³-hybridized carbons (Fsp3) is 0.231. The summed E-state index contributed by atoms with van der Waals surface area (Å²) in [7, 11) is 0. The van der Waals surface area contributed by atoms with Crippen LogP contribution in [-0.2, 0) is 6.42 Å². The Labute approximate surface area is 172 Å². The summed E-state index contributed by atoms with van der Waals surface area (Å²) in [5, 5.41) is 1.30. The predicted octanol–water partition coefficient (Wildman–Crippen LogP) is 6.53. The minimum atomic E-state index is 0.726. The molecule has 0 spiro atoms. The van der Waals surface area contributed by atoms with Crippen LogP contribution in [0.15, 0.2) is 66.7 Å². The first-order valence-electron chi connectivity index (χ1n) is 10.3. The number of aromatic nitrogens is 1. The van der Waals surface area contributed by atoms with Gasteiger partial charge in [-0.25, -0.2) is 0 Å². The van der Waals surface area contributed by atoms with E-state index >= 15 is 0 Å². The molecule has 0 aliphatic carbocycles. The van der Waals surface area contributed by atoms with Gasteiger partial charge in [-0.1, -0.05) is 42.5 Å². The molecule has 0 radical (unpaired) electrons. The van der Waals surface area contributed by atoms with Crippen molar-refractivity contribution in [3.05, 3.63) is 83.4 Å². The lowest BCUT2D eigenvalue weighted by molar-refractivity contribution is 0.484. The number of hydrogen-bond donors (Lipinski definition) is 2. The van der Waals surface area contributed by atoms with Gasteiger partial charge in [0.15, 0.2) is 0 Å². The third-order valence-corrected chi connectivity index (χ3v) is 5.62. The molecule has 4 aromatic rings. The summed E-state index contributed by atoms with van der Waals surface area (Å²) in [4.78, 5) is 3.73. The molecule has 3 heteroatoms. The third kappa shape index (κ3) is 3.92. The Morgan fingerprint density at radius 3 is 2.41 bits per heavy atom. The fourth-order valence-electron chi connectivity index (χ4n) is 3.88. The van der Waals surface area contributed by atoms with E-state index in [-0.39, 0.29) is 0 Å². The van der Waals surface area contributed by atoms with Crippen LogP contribution in [0.3, 0.4) is 0 Å². The van der Waals surface area contributed by atoms with Crippen LogP contribution >= 0.6 is 0 Å². The number of hydrogen-bond acceptors (Lipinski definition) is 2. The minimum Gasteiger partial charge on any atom is -0.457 e. The van der Waals surface area contributed by atoms with Crippen molar-refractivity contribution >= 4 is 10.9 Å². The van der Waals surface area contributed by atoms with Crippen molar-refractivity contribution in [2.24, 2.45) is 5.73 Å². The molecule has 0 atom stereocenters. The lowest BCUT2D eigenvalue weighted by Crippen LogP contribution is -1.99. The van der Waals surface area contributed by atoms with E-state index < -0.39 is 0 Å². The highest BCUT2D eigenvalue weighted by Crippen LogP contribution is 2.39. The maximum absolute atomic E-state index is 6.25. The van der Waals surface area contributed by atoms with Crippen molar-refractivity contribution in [2.45, 2.75) is 33.1 Å². The second-order valence-electron chi connectivity index (χ2n) is 7.57. The van der Waals surface area contributed by atoms with Gasteiger partial charge in [0, 0.05) is 16.5 Å². The summed E-state index contributed by atoms with van der Waals surface area (Å²) in [5.41, 5.74) is 13.2. The molecule has 3 nitrogen and oxygen atoms in total. The molecular formula is C26H28N2O. The first-order chi connectivity index (χ1) is 14.2. The van der Waals surface area contributed by atoms with Gasteiger partial charge in [-0.2, -0.15) is 0 Å². The Balaban J connectivity index is 1.85. The zero-order valence-corrected chi connectivity index (χ0v) is 17.2. The zero-order valence-electron chi connectivity index (χ0n) is 17.2. The van der Waals surface area contributed by atoms with Gasteiger partial charge in [0.25, 0.3) is 0 Å². The van der Waals surface area contributed by atoms with Gasteiger partial charge in [0.2, 0.25) is 0 Å². The van der Waals surface area contributed by atoms with E-state index in [0.717, 1.165) is 48.6 Å². The molecule has 0 saturated carbocycles. The zero-order chi connectivity index (χ0) is 20.2. The SMILES string of the molecule is Cc1ccc2c(CCCCN)c(-c3ccccc3Oc3ccccc3)[nH]c2c1C. The normalized spacial score (nSPS) is 11.1. The number of rotatable bonds is 7. The fourth-order valence-corrected chi connectivity index (χ4v) is 3.88. The predicted molar refractivity (Wildman–Crippen MR) is 122 cm³/mol. The van der Waals surface area contributed by atoms with Crippen LogP contribution in [-0.4, -0.2) is 11.5 Å². The van der Waals surface area contributed by atoms with Crippen LogP contribution < -0.4 is 10.5 Å². The van der Waals surface area contributed by atoms with Crippen LogP contribution in [0, 0.1) is 13.8 Å². The van der Waals surface area contributed by atoms with Gasteiger partial charge >= 0.3 is 0 Å². The van der Waals surface area contributed by atoms with Gasteiger partial charge in [0.1, 0.15) is 11.5 Å². The van der Waals surface area contributed by atoms with Crippen molar-refractivity contribution in [1.29, 1.82) is 0 Å². The third-order valence-electron chi connectivity index (χ3n) is 5.62.